The largest absolute Gasteiger partial charge is 0.461 e. The molecule has 46 heavy (non-hydrogen) atoms. The molecule has 6 heteroatoms. The van der Waals surface area contributed by atoms with E-state index in [-0.39, 0.29) is 24.1 Å². The molecule has 6 nitrogen and oxygen atoms in total. The van der Waals surface area contributed by atoms with E-state index in [0.717, 1.165) is 77.5 Å². The zero-order valence-corrected chi connectivity index (χ0v) is 31.9. The van der Waals surface area contributed by atoms with Gasteiger partial charge in [0.1, 0.15) is 12.2 Å². The monoisotopic (exact) mass is 653 g/mol. The number of likely N-dealkylation sites (N-methyl/N-ethyl adjacent to an activating group) is 2. The fourth-order valence-electron chi connectivity index (χ4n) is 6.13. The highest BCUT2D eigenvalue weighted by Gasteiger charge is 2.19. The van der Waals surface area contributed by atoms with Crippen LogP contribution in [0.2, 0.25) is 0 Å². The Morgan fingerprint density at radius 2 is 0.717 bits per heavy atom. The Kier molecular flexibility index (Phi) is 32.9. The van der Waals surface area contributed by atoms with Gasteiger partial charge in [0.15, 0.2) is 0 Å². The van der Waals surface area contributed by atoms with Gasteiger partial charge in [-0.25, -0.2) is 0 Å². The van der Waals surface area contributed by atoms with Crippen molar-refractivity contribution in [1.82, 2.24) is 9.80 Å². The summed E-state index contributed by atoms with van der Waals surface area (Å²) in [7, 11) is 4.29. The van der Waals surface area contributed by atoms with Crippen molar-refractivity contribution in [2.45, 2.75) is 207 Å². The summed E-state index contributed by atoms with van der Waals surface area (Å²) in [5, 5.41) is 0. The molecule has 0 saturated heterocycles. The van der Waals surface area contributed by atoms with Crippen LogP contribution in [0.5, 0.6) is 0 Å². The van der Waals surface area contributed by atoms with Crippen LogP contribution in [-0.4, -0.2) is 74.2 Å². The number of ether oxygens (including phenoxy) is 2. The van der Waals surface area contributed by atoms with Crippen molar-refractivity contribution in [3.63, 3.8) is 0 Å². The Morgan fingerprint density at radius 3 is 1.04 bits per heavy atom. The molecule has 0 aromatic carbocycles. The van der Waals surface area contributed by atoms with E-state index in [1.807, 2.05) is 0 Å². The maximum Gasteiger partial charge on any atom is 0.306 e. The third kappa shape index (κ3) is 30.2. The molecule has 2 atom stereocenters. The summed E-state index contributed by atoms with van der Waals surface area (Å²) in [6.07, 6.45) is 29.3. The standard InChI is InChI=1S/C40H80N2O4/c1-7-11-15-19-23-25-29-37(45-39(43)31-27-21-17-13-9-3)35-41(5)33-34-42(6)36-38(30-26-24-20-16-12-8-2)46-40(44)32-28-22-18-14-10-4/h37-38H,7-36H2,1-6H3. The first kappa shape index (κ1) is 44.9. The van der Waals surface area contributed by atoms with Gasteiger partial charge in [0.2, 0.25) is 0 Å². The van der Waals surface area contributed by atoms with Crippen molar-refractivity contribution in [3.8, 4) is 0 Å². The molecule has 0 aromatic heterocycles. The summed E-state index contributed by atoms with van der Waals surface area (Å²) in [6, 6.07) is 0. The fraction of sp³-hybridized carbons (Fsp3) is 0.950. The number of carbonyl (C=O) groups excluding carboxylic acids is 2. The number of carbonyl (C=O) groups is 2. The highest BCUT2D eigenvalue weighted by molar-refractivity contribution is 5.69. The van der Waals surface area contributed by atoms with Crippen molar-refractivity contribution in [1.29, 1.82) is 0 Å². The molecule has 0 aromatic rings. The first-order valence-electron chi connectivity index (χ1n) is 20.1. The predicted molar refractivity (Wildman–Crippen MR) is 197 cm³/mol. The number of hydrogen-bond acceptors (Lipinski definition) is 6. The van der Waals surface area contributed by atoms with Gasteiger partial charge in [-0.15, -0.1) is 0 Å². The van der Waals surface area contributed by atoms with Gasteiger partial charge < -0.3 is 19.3 Å². The highest BCUT2D eigenvalue weighted by atomic mass is 16.5. The minimum Gasteiger partial charge on any atom is -0.461 e. The lowest BCUT2D eigenvalue weighted by molar-refractivity contribution is -0.151. The van der Waals surface area contributed by atoms with E-state index >= 15 is 0 Å². The van der Waals surface area contributed by atoms with Gasteiger partial charge in [-0.1, -0.05) is 143 Å². The third-order valence-electron chi connectivity index (χ3n) is 9.22. The van der Waals surface area contributed by atoms with Crippen molar-refractivity contribution < 1.29 is 19.1 Å². The lowest BCUT2D eigenvalue weighted by atomic mass is 10.1. The second-order valence-corrected chi connectivity index (χ2v) is 14.2. The van der Waals surface area contributed by atoms with E-state index in [4.69, 9.17) is 9.47 Å². The Morgan fingerprint density at radius 1 is 0.435 bits per heavy atom. The molecule has 0 heterocycles. The van der Waals surface area contributed by atoms with Gasteiger partial charge in [0.25, 0.3) is 0 Å². The van der Waals surface area contributed by atoms with Crippen LogP contribution in [0.25, 0.3) is 0 Å². The predicted octanol–water partition coefficient (Wildman–Crippen LogP) is 10.9. The first-order valence-corrected chi connectivity index (χ1v) is 20.1. The summed E-state index contributed by atoms with van der Waals surface area (Å²) >= 11 is 0. The van der Waals surface area contributed by atoms with E-state index in [0.29, 0.717) is 12.8 Å². The van der Waals surface area contributed by atoms with Gasteiger partial charge in [0, 0.05) is 39.0 Å². The molecule has 0 amide bonds. The second kappa shape index (κ2) is 33.7. The third-order valence-corrected chi connectivity index (χ3v) is 9.22. The maximum absolute atomic E-state index is 12.7. The number of esters is 2. The average molecular weight is 653 g/mol. The Hall–Kier alpha value is -1.14. The Bertz CT molecular complexity index is 618. The van der Waals surface area contributed by atoms with E-state index in [1.165, 1.54) is 103 Å². The number of nitrogens with zero attached hydrogens (tertiary/aromatic N) is 2. The lowest BCUT2D eigenvalue weighted by Gasteiger charge is -2.28. The molecule has 0 radical (unpaired) electrons. The molecule has 2 unspecified atom stereocenters. The second-order valence-electron chi connectivity index (χ2n) is 14.2. The number of hydrogen-bond donors (Lipinski definition) is 0. The lowest BCUT2D eigenvalue weighted by Crippen LogP contribution is -2.40. The quantitative estimate of drug-likeness (QED) is 0.0501. The number of unbranched alkanes of at least 4 members (excludes halogenated alkanes) is 18. The summed E-state index contributed by atoms with van der Waals surface area (Å²) in [4.78, 5) is 30.0. The minimum absolute atomic E-state index is 0.0253. The summed E-state index contributed by atoms with van der Waals surface area (Å²) in [6.45, 7) is 12.3. The molecule has 0 aliphatic rings. The van der Waals surface area contributed by atoms with Gasteiger partial charge >= 0.3 is 11.9 Å². The van der Waals surface area contributed by atoms with E-state index in [9.17, 15) is 9.59 Å². The van der Waals surface area contributed by atoms with Crippen molar-refractivity contribution in [2.75, 3.05) is 40.3 Å². The molecule has 0 N–H and O–H groups in total. The Balaban J connectivity index is 4.85. The van der Waals surface area contributed by atoms with Crippen LogP contribution in [0.1, 0.15) is 195 Å². The Labute approximate surface area is 287 Å². The van der Waals surface area contributed by atoms with E-state index < -0.39 is 0 Å². The molecule has 0 saturated carbocycles. The summed E-state index contributed by atoms with van der Waals surface area (Å²) < 4.78 is 12.1. The molecule has 0 aliphatic heterocycles. The first-order chi connectivity index (χ1) is 22.4. The molecule has 274 valence electrons. The minimum atomic E-state index is -0.0386. The normalized spacial score (nSPS) is 13.0. The van der Waals surface area contributed by atoms with Crippen molar-refractivity contribution >= 4 is 11.9 Å². The van der Waals surface area contributed by atoms with Gasteiger partial charge in [0.05, 0.1) is 0 Å². The zero-order valence-electron chi connectivity index (χ0n) is 31.9. The van der Waals surface area contributed by atoms with Crippen LogP contribution in [0.15, 0.2) is 0 Å². The van der Waals surface area contributed by atoms with Crippen molar-refractivity contribution in [3.05, 3.63) is 0 Å². The fourth-order valence-corrected chi connectivity index (χ4v) is 6.13. The van der Waals surface area contributed by atoms with Crippen LogP contribution in [-0.2, 0) is 19.1 Å². The van der Waals surface area contributed by atoms with Gasteiger partial charge in [-0.3, -0.25) is 9.59 Å². The summed E-state index contributed by atoms with van der Waals surface area (Å²) in [5.74, 6) is -0.0505. The molecule has 0 spiro atoms. The molecule has 0 aliphatic carbocycles. The maximum atomic E-state index is 12.7. The summed E-state index contributed by atoms with van der Waals surface area (Å²) in [5.41, 5.74) is 0. The van der Waals surface area contributed by atoms with Crippen molar-refractivity contribution in [2.24, 2.45) is 0 Å². The number of rotatable bonds is 35. The van der Waals surface area contributed by atoms with Crippen LogP contribution >= 0.6 is 0 Å². The van der Waals surface area contributed by atoms with Crippen LogP contribution < -0.4 is 0 Å². The highest BCUT2D eigenvalue weighted by Crippen LogP contribution is 2.16. The van der Waals surface area contributed by atoms with Crippen LogP contribution in [0, 0.1) is 0 Å². The molecular weight excluding hydrogens is 572 g/mol. The van der Waals surface area contributed by atoms with Gasteiger partial charge in [-0.2, -0.15) is 0 Å². The molecule has 0 bridgehead atoms. The van der Waals surface area contributed by atoms with E-state index in [2.05, 4.69) is 51.6 Å². The van der Waals surface area contributed by atoms with Gasteiger partial charge in [-0.05, 0) is 52.6 Å². The zero-order chi connectivity index (χ0) is 34.1. The average Bonchev–Trinajstić information content (AvgIpc) is 3.03. The smallest absolute Gasteiger partial charge is 0.306 e. The van der Waals surface area contributed by atoms with Crippen LogP contribution in [0.3, 0.4) is 0 Å². The molecule has 0 rings (SSSR count). The van der Waals surface area contributed by atoms with E-state index in [1.54, 1.807) is 0 Å². The van der Waals surface area contributed by atoms with Crippen LogP contribution in [0.4, 0.5) is 0 Å². The molecular formula is C40H80N2O4. The molecule has 0 fully saturated rings. The SMILES string of the molecule is CCCCCCCCC(CN(C)CCN(C)CC(CCCCCCCC)OC(=O)CCCCCCC)OC(=O)CCCCCCC. The topological polar surface area (TPSA) is 59.1 Å².